The van der Waals surface area contributed by atoms with E-state index in [2.05, 4.69) is 5.10 Å². The van der Waals surface area contributed by atoms with E-state index in [1.165, 1.54) is 21.0 Å². The van der Waals surface area contributed by atoms with E-state index in [0.29, 0.717) is 35.7 Å². The summed E-state index contributed by atoms with van der Waals surface area (Å²) in [6.07, 6.45) is -8.53. The van der Waals surface area contributed by atoms with Crippen molar-refractivity contribution in [2.45, 2.75) is 148 Å². The fourth-order valence-electron chi connectivity index (χ4n) is 9.05. The van der Waals surface area contributed by atoms with Crippen LogP contribution in [0.1, 0.15) is 92.7 Å². The van der Waals surface area contributed by atoms with Crippen LogP contribution < -0.4 is 4.74 Å². The third-order valence-corrected chi connectivity index (χ3v) is 13.0. The molecule has 0 amide bonds. The molecule has 2 aromatic rings. The van der Waals surface area contributed by atoms with Crippen LogP contribution in [0.15, 0.2) is 46.6 Å². The summed E-state index contributed by atoms with van der Waals surface area (Å²) < 4.78 is 79.7. The number of aliphatic hydroxyl groups excluding tert-OH is 2. The van der Waals surface area contributed by atoms with Crippen molar-refractivity contribution in [2.24, 2.45) is 33.9 Å². The second kappa shape index (κ2) is 22.0. The van der Waals surface area contributed by atoms with Gasteiger partial charge in [0, 0.05) is 42.3 Å². The molecule has 0 radical (unpaired) electrons. The number of nitrogens with zero attached hydrogens (tertiary/aromatic N) is 3. The Morgan fingerprint density at radius 3 is 2.17 bits per heavy atom. The van der Waals surface area contributed by atoms with Crippen molar-refractivity contribution in [2.75, 3.05) is 28.3 Å². The lowest BCUT2D eigenvalue weighted by Crippen LogP contribution is -2.60. The van der Waals surface area contributed by atoms with Gasteiger partial charge in [0.1, 0.15) is 35.5 Å². The van der Waals surface area contributed by atoms with E-state index in [0.717, 1.165) is 5.56 Å². The Hall–Kier alpha value is -3.97. The zero-order valence-corrected chi connectivity index (χ0v) is 39.3. The summed E-state index contributed by atoms with van der Waals surface area (Å²) in [6.45, 7) is 15.0. The molecule has 4 rings (SSSR count). The quantitative estimate of drug-likeness (QED) is 0.103. The average molecular weight is 908 g/mol. The van der Waals surface area contributed by atoms with Gasteiger partial charge in [-0.2, -0.15) is 10.2 Å². The van der Waals surface area contributed by atoms with Crippen LogP contribution in [0, 0.1) is 41.1 Å². The van der Waals surface area contributed by atoms with E-state index in [1.807, 2.05) is 45.0 Å². The molecule has 0 aliphatic carbocycles. The molecule has 3 N–H and O–H groups in total. The van der Waals surface area contributed by atoms with Crippen LogP contribution in [0.2, 0.25) is 0 Å². The number of cyclic esters (lactones) is 1. The summed E-state index contributed by atoms with van der Waals surface area (Å²) in [4.78, 5) is 30.0. The maximum absolute atomic E-state index is 14.8. The summed E-state index contributed by atoms with van der Waals surface area (Å²) in [5.41, 5.74) is -2.31. The Morgan fingerprint density at radius 2 is 1.59 bits per heavy atom. The molecule has 2 aliphatic heterocycles. The number of benzene rings is 2. The van der Waals surface area contributed by atoms with Crippen LogP contribution >= 0.6 is 0 Å². The number of carbonyl (C=O) groups is 2. The van der Waals surface area contributed by atoms with E-state index < -0.39 is 119 Å². The Morgan fingerprint density at radius 1 is 0.969 bits per heavy atom. The highest BCUT2D eigenvalue weighted by molar-refractivity contribution is 5.99. The van der Waals surface area contributed by atoms with E-state index in [1.54, 1.807) is 53.9 Å². The molecule has 14 nitrogen and oxygen atoms in total. The van der Waals surface area contributed by atoms with Crippen LogP contribution in [0.3, 0.4) is 0 Å². The lowest BCUT2D eigenvalue weighted by atomic mass is 9.73. The first-order valence-electron chi connectivity index (χ1n) is 21.8. The highest BCUT2D eigenvalue weighted by Gasteiger charge is 2.52. The topological polar surface area (TPSA) is 178 Å². The summed E-state index contributed by atoms with van der Waals surface area (Å²) in [6, 6.07) is 7.71. The summed E-state index contributed by atoms with van der Waals surface area (Å²) in [5, 5.41) is 45.2. The lowest BCUT2D eigenvalue weighted by molar-refractivity contribution is -0.301. The van der Waals surface area contributed by atoms with Gasteiger partial charge >= 0.3 is 11.9 Å². The third kappa shape index (κ3) is 12.1. The number of likely N-dealkylation sites (N-methyl/N-ethyl adjacent to an activating group) is 1. The zero-order valence-electron chi connectivity index (χ0n) is 39.3. The number of hydrogen-bond donors (Lipinski definition) is 3. The Balaban J connectivity index is 1.93. The predicted molar refractivity (Wildman–Crippen MR) is 233 cm³/mol. The maximum Gasteiger partial charge on any atom is 0.312 e. The van der Waals surface area contributed by atoms with Crippen molar-refractivity contribution >= 4 is 23.4 Å². The van der Waals surface area contributed by atoms with Gasteiger partial charge in [0.25, 0.3) is 0 Å². The SMILES string of the molecule is CCC1OC(=O)C(C)C(OC(=O)Cc2cc(F)c(F)cc2F)C(C)C(OC2OC(C)CC(N(C)C)C2O)C(C)(OC)CC(C)C(=NN=C(C)c2ccc(OC)cc2)C(C)C(O)C1(C)O. The standard InChI is InChI=1S/C47H68F3N3O11/c1-14-37-47(9,58)42(56)26(4)39(52-51-29(7)30-15-17-32(59-12)18-16-30)24(2)23-46(8,60-13)43(64-45-40(55)36(53(10)11)19-25(3)61-45)27(5)41(28(6)44(57)62-37)63-38(54)21-31-20-34(49)35(50)22-33(31)48/h15-18,20,22,24-28,36-37,40-43,45,55-56,58H,14,19,21,23H2,1-13H3. The van der Waals surface area contributed by atoms with Crippen molar-refractivity contribution < 1.29 is 66.5 Å². The molecule has 0 aromatic heterocycles. The number of halogens is 3. The highest BCUT2D eigenvalue weighted by atomic mass is 19.2. The first kappa shape index (κ1) is 52.7. The van der Waals surface area contributed by atoms with Crippen LogP contribution in [0.25, 0.3) is 0 Å². The number of ether oxygens (including phenoxy) is 6. The van der Waals surface area contributed by atoms with Crippen molar-refractivity contribution in [3.63, 3.8) is 0 Å². The molecule has 0 spiro atoms. The van der Waals surface area contributed by atoms with Gasteiger partial charge in [0.05, 0.1) is 49.1 Å². The monoisotopic (exact) mass is 907 g/mol. The number of hydrogen-bond acceptors (Lipinski definition) is 14. The van der Waals surface area contributed by atoms with Crippen LogP contribution in [-0.4, -0.2) is 132 Å². The minimum absolute atomic E-state index is 0.0526. The van der Waals surface area contributed by atoms with Gasteiger partial charge in [-0.15, -0.1) is 0 Å². The number of aliphatic hydroxyl groups is 3. The largest absolute Gasteiger partial charge is 0.497 e. The zero-order chi connectivity index (χ0) is 48.0. The van der Waals surface area contributed by atoms with Gasteiger partial charge in [0.2, 0.25) is 0 Å². The third-order valence-electron chi connectivity index (χ3n) is 13.0. The number of rotatable bonds is 11. The molecule has 17 heteroatoms. The fourth-order valence-corrected chi connectivity index (χ4v) is 9.05. The molecule has 64 heavy (non-hydrogen) atoms. The molecule has 2 saturated heterocycles. The summed E-state index contributed by atoms with van der Waals surface area (Å²) >= 11 is 0. The van der Waals surface area contributed by atoms with Crippen molar-refractivity contribution in [3.05, 3.63) is 65.0 Å². The average Bonchev–Trinajstić information content (AvgIpc) is 3.25. The van der Waals surface area contributed by atoms with Crippen molar-refractivity contribution in [1.82, 2.24) is 4.90 Å². The minimum Gasteiger partial charge on any atom is -0.497 e. The normalized spacial score (nSPS) is 35.5. The van der Waals surface area contributed by atoms with Gasteiger partial charge in [-0.1, -0.05) is 27.7 Å². The fraction of sp³-hybridized carbons (Fsp3) is 0.660. The molecular formula is C47H68F3N3O11. The number of methoxy groups -OCH3 is 2. The first-order chi connectivity index (χ1) is 29.9. The summed E-state index contributed by atoms with van der Waals surface area (Å²) in [5.74, 6) is -9.19. The molecular weight excluding hydrogens is 840 g/mol. The smallest absolute Gasteiger partial charge is 0.312 e. The van der Waals surface area contributed by atoms with Crippen molar-refractivity contribution in [3.8, 4) is 5.75 Å². The maximum atomic E-state index is 14.8. The molecule has 2 aromatic carbocycles. The second-order valence-corrected chi connectivity index (χ2v) is 18.1. The molecule has 2 fully saturated rings. The van der Waals surface area contributed by atoms with Gasteiger partial charge < -0.3 is 48.6 Å². The Bertz CT molecular complexity index is 1970. The summed E-state index contributed by atoms with van der Waals surface area (Å²) in [7, 11) is 6.66. The van der Waals surface area contributed by atoms with Crippen LogP contribution in [0.4, 0.5) is 13.2 Å². The Labute approximate surface area is 375 Å². The van der Waals surface area contributed by atoms with Crippen LogP contribution in [-0.2, 0) is 39.7 Å². The molecule has 0 saturated carbocycles. The van der Waals surface area contributed by atoms with E-state index in [9.17, 15) is 38.1 Å². The Kier molecular flexibility index (Phi) is 18.1. The van der Waals surface area contributed by atoms with Gasteiger partial charge in [-0.25, -0.2) is 13.2 Å². The van der Waals surface area contributed by atoms with Gasteiger partial charge in [0.15, 0.2) is 17.9 Å². The lowest BCUT2D eigenvalue weighted by Gasteiger charge is -2.48. The first-order valence-corrected chi connectivity index (χ1v) is 21.8. The molecule has 2 heterocycles. The number of esters is 2. The number of carbonyl (C=O) groups excluding carboxylic acids is 2. The molecule has 14 unspecified atom stereocenters. The molecule has 2 aliphatic rings. The van der Waals surface area contributed by atoms with E-state index in [4.69, 9.17) is 33.5 Å². The molecule has 14 atom stereocenters. The predicted octanol–water partition coefficient (Wildman–Crippen LogP) is 6.03. The van der Waals surface area contributed by atoms with Gasteiger partial charge in [-0.3, -0.25) is 9.59 Å². The van der Waals surface area contributed by atoms with E-state index >= 15 is 0 Å². The molecule has 358 valence electrons. The van der Waals surface area contributed by atoms with Crippen LogP contribution in [0.5, 0.6) is 5.75 Å². The van der Waals surface area contributed by atoms with Crippen molar-refractivity contribution in [1.29, 1.82) is 0 Å². The van der Waals surface area contributed by atoms with E-state index in [-0.39, 0.29) is 18.9 Å². The highest BCUT2D eigenvalue weighted by Crippen LogP contribution is 2.40. The molecule has 0 bridgehead atoms. The minimum atomic E-state index is -2.06. The second-order valence-electron chi connectivity index (χ2n) is 18.1. The van der Waals surface area contributed by atoms with Gasteiger partial charge in [-0.05, 0) is 110 Å².